The molecule has 0 aromatic carbocycles. The third-order valence-electron chi connectivity index (χ3n) is 2.51. The summed E-state index contributed by atoms with van der Waals surface area (Å²) in [5, 5.41) is 5.78. The number of carbonyl (C=O) groups excluding carboxylic acids is 1. The van der Waals surface area contributed by atoms with E-state index in [4.69, 9.17) is 0 Å². The van der Waals surface area contributed by atoms with E-state index in [0.29, 0.717) is 5.52 Å². The Bertz CT molecular complexity index is 576. The van der Waals surface area contributed by atoms with Crippen LogP contribution in [0.15, 0.2) is 30.6 Å². The molecule has 0 spiro atoms. The number of carbonyl (C=O) groups is 1. The maximum absolute atomic E-state index is 12.3. The first-order valence-electron chi connectivity index (χ1n) is 5.19. The van der Waals surface area contributed by atoms with Crippen molar-refractivity contribution in [1.82, 2.24) is 14.9 Å². The zero-order chi connectivity index (χ0) is 13.3. The summed E-state index contributed by atoms with van der Waals surface area (Å²) in [4.78, 5) is 11.7. The molecular formula is C11H10F3N3O. The van der Waals surface area contributed by atoms with Crippen LogP contribution < -0.4 is 5.32 Å². The average Bonchev–Trinajstić information content (AvgIpc) is 2.71. The van der Waals surface area contributed by atoms with Crippen molar-refractivity contribution in [1.29, 1.82) is 0 Å². The van der Waals surface area contributed by atoms with Gasteiger partial charge in [-0.05, 0) is 19.1 Å². The predicted molar refractivity (Wildman–Crippen MR) is 58.2 cm³/mol. The third-order valence-corrected chi connectivity index (χ3v) is 2.51. The molecule has 0 bridgehead atoms. The number of fused-ring (bicyclic) bond motifs is 1. The van der Waals surface area contributed by atoms with Gasteiger partial charge in [-0.3, -0.25) is 4.79 Å². The molecule has 4 nitrogen and oxygen atoms in total. The van der Waals surface area contributed by atoms with Crippen LogP contribution in [-0.4, -0.2) is 27.7 Å². The molecule has 2 rings (SSSR count). The van der Waals surface area contributed by atoms with Crippen molar-refractivity contribution in [2.45, 2.75) is 19.1 Å². The molecule has 1 N–H and O–H groups in total. The molecule has 0 unspecified atom stereocenters. The number of nitrogens with one attached hydrogen (secondary N) is 1. The molecule has 18 heavy (non-hydrogen) atoms. The van der Waals surface area contributed by atoms with Crippen LogP contribution in [0.25, 0.3) is 5.52 Å². The van der Waals surface area contributed by atoms with Crippen LogP contribution in [0, 0.1) is 0 Å². The van der Waals surface area contributed by atoms with E-state index < -0.39 is 18.1 Å². The van der Waals surface area contributed by atoms with Gasteiger partial charge in [-0.1, -0.05) is 6.07 Å². The van der Waals surface area contributed by atoms with Crippen LogP contribution in [0.5, 0.6) is 0 Å². The minimum absolute atomic E-state index is 0.117. The molecule has 0 aliphatic carbocycles. The minimum Gasteiger partial charge on any atom is -0.340 e. The van der Waals surface area contributed by atoms with Crippen molar-refractivity contribution >= 4 is 11.4 Å². The molecule has 0 saturated carbocycles. The molecule has 7 heteroatoms. The molecule has 96 valence electrons. The standard InChI is InChI=1S/C11H10F3N3O/c1-7(11(12,13)14)16-10(18)8-6-15-17-5-3-2-4-9(8)17/h2-7H,1H3,(H,16,18)/t7-/m1/s1. The van der Waals surface area contributed by atoms with E-state index in [1.165, 1.54) is 10.7 Å². The SMILES string of the molecule is C[C@@H](NC(=O)c1cnn2ccccc12)C(F)(F)F. The minimum atomic E-state index is -4.46. The lowest BCUT2D eigenvalue weighted by Gasteiger charge is -2.16. The first-order chi connectivity index (χ1) is 8.39. The fraction of sp³-hybridized carbons (Fsp3) is 0.273. The Labute approximate surface area is 100 Å². The summed E-state index contributed by atoms with van der Waals surface area (Å²) in [6, 6.07) is 3.10. The second kappa shape index (κ2) is 4.32. The quantitative estimate of drug-likeness (QED) is 0.894. The van der Waals surface area contributed by atoms with E-state index in [-0.39, 0.29) is 5.56 Å². The fourth-order valence-corrected chi connectivity index (χ4v) is 1.47. The maximum Gasteiger partial charge on any atom is 0.408 e. The Balaban J connectivity index is 2.24. The number of hydrogen-bond acceptors (Lipinski definition) is 2. The molecule has 2 heterocycles. The Morgan fingerprint density at radius 1 is 1.44 bits per heavy atom. The molecule has 0 aliphatic rings. The predicted octanol–water partition coefficient (Wildman–Crippen LogP) is 2.01. The molecule has 0 radical (unpaired) electrons. The topological polar surface area (TPSA) is 46.4 Å². The summed E-state index contributed by atoms with van der Waals surface area (Å²) >= 11 is 0. The van der Waals surface area contributed by atoms with Gasteiger partial charge in [0.25, 0.3) is 5.91 Å². The molecule has 0 fully saturated rings. The first-order valence-corrected chi connectivity index (χ1v) is 5.19. The number of halogens is 3. The smallest absolute Gasteiger partial charge is 0.340 e. The highest BCUT2D eigenvalue weighted by molar-refractivity contribution is 6.00. The number of amides is 1. The Hall–Kier alpha value is -2.05. The maximum atomic E-state index is 12.3. The summed E-state index contributed by atoms with van der Waals surface area (Å²) in [5.74, 6) is -0.791. The Kier molecular flexibility index (Phi) is 2.98. The van der Waals surface area contributed by atoms with E-state index in [2.05, 4.69) is 5.10 Å². The molecule has 1 atom stereocenters. The molecule has 0 saturated heterocycles. The van der Waals surface area contributed by atoms with E-state index in [1.54, 1.807) is 24.4 Å². The Morgan fingerprint density at radius 3 is 2.83 bits per heavy atom. The van der Waals surface area contributed by atoms with Gasteiger partial charge in [0, 0.05) is 6.20 Å². The van der Waals surface area contributed by atoms with Crippen molar-refractivity contribution in [2.24, 2.45) is 0 Å². The van der Waals surface area contributed by atoms with Gasteiger partial charge in [0.1, 0.15) is 6.04 Å². The van der Waals surface area contributed by atoms with Crippen LogP contribution in [0.3, 0.4) is 0 Å². The number of aromatic nitrogens is 2. The zero-order valence-electron chi connectivity index (χ0n) is 9.40. The Morgan fingerprint density at radius 2 is 2.17 bits per heavy atom. The number of rotatable bonds is 2. The number of hydrogen-bond donors (Lipinski definition) is 1. The molecule has 2 aromatic heterocycles. The monoisotopic (exact) mass is 257 g/mol. The van der Waals surface area contributed by atoms with Crippen molar-refractivity contribution in [3.63, 3.8) is 0 Å². The van der Waals surface area contributed by atoms with Crippen LogP contribution >= 0.6 is 0 Å². The lowest BCUT2D eigenvalue weighted by molar-refractivity contribution is -0.149. The lowest BCUT2D eigenvalue weighted by Crippen LogP contribution is -2.43. The highest BCUT2D eigenvalue weighted by Gasteiger charge is 2.37. The lowest BCUT2D eigenvalue weighted by atomic mass is 10.2. The van der Waals surface area contributed by atoms with Crippen LogP contribution in [-0.2, 0) is 0 Å². The third kappa shape index (κ3) is 2.29. The number of nitrogens with zero attached hydrogens (tertiary/aromatic N) is 2. The molecular weight excluding hydrogens is 247 g/mol. The highest BCUT2D eigenvalue weighted by Crippen LogP contribution is 2.20. The van der Waals surface area contributed by atoms with Gasteiger partial charge >= 0.3 is 6.18 Å². The van der Waals surface area contributed by atoms with Gasteiger partial charge in [-0.15, -0.1) is 0 Å². The normalized spacial score (nSPS) is 13.6. The number of pyridine rings is 1. The van der Waals surface area contributed by atoms with E-state index in [9.17, 15) is 18.0 Å². The first kappa shape index (κ1) is 12.4. The van der Waals surface area contributed by atoms with Gasteiger partial charge in [0.05, 0.1) is 17.3 Å². The van der Waals surface area contributed by atoms with E-state index in [1.807, 2.05) is 5.32 Å². The summed E-state index contributed by atoms with van der Waals surface area (Å²) in [6.07, 6.45) is -1.61. The van der Waals surface area contributed by atoms with Crippen molar-refractivity contribution < 1.29 is 18.0 Å². The summed E-state index contributed by atoms with van der Waals surface area (Å²) in [5.41, 5.74) is 0.580. The van der Waals surface area contributed by atoms with Gasteiger partial charge < -0.3 is 5.32 Å². The summed E-state index contributed by atoms with van der Waals surface area (Å²) < 4.78 is 38.4. The summed E-state index contributed by atoms with van der Waals surface area (Å²) in [6.45, 7) is 0.892. The molecule has 1 amide bonds. The van der Waals surface area contributed by atoms with Gasteiger partial charge in [-0.25, -0.2) is 4.52 Å². The van der Waals surface area contributed by atoms with Gasteiger partial charge in [0.15, 0.2) is 0 Å². The van der Waals surface area contributed by atoms with Crippen LogP contribution in [0.2, 0.25) is 0 Å². The van der Waals surface area contributed by atoms with Crippen molar-refractivity contribution in [3.05, 3.63) is 36.2 Å². The zero-order valence-corrected chi connectivity index (χ0v) is 9.40. The summed E-state index contributed by atoms with van der Waals surface area (Å²) in [7, 11) is 0. The number of alkyl halides is 3. The van der Waals surface area contributed by atoms with Crippen molar-refractivity contribution in [2.75, 3.05) is 0 Å². The largest absolute Gasteiger partial charge is 0.408 e. The van der Waals surface area contributed by atoms with Crippen LogP contribution in [0.1, 0.15) is 17.3 Å². The molecule has 0 aliphatic heterocycles. The second-order valence-electron chi connectivity index (χ2n) is 3.83. The van der Waals surface area contributed by atoms with Crippen molar-refractivity contribution in [3.8, 4) is 0 Å². The van der Waals surface area contributed by atoms with Gasteiger partial charge in [-0.2, -0.15) is 18.3 Å². The average molecular weight is 257 g/mol. The van der Waals surface area contributed by atoms with Gasteiger partial charge in [0.2, 0.25) is 0 Å². The highest BCUT2D eigenvalue weighted by atomic mass is 19.4. The second-order valence-corrected chi connectivity index (χ2v) is 3.83. The van der Waals surface area contributed by atoms with E-state index >= 15 is 0 Å². The fourth-order valence-electron chi connectivity index (χ4n) is 1.47. The van der Waals surface area contributed by atoms with E-state index in [0.717, 1.165) is 6.92 Å². The molecule has 2 aromatic rings. The van der Waals surface area contributed by atoms with Crippen LogP contribution in [0.4, 0.5) is 13.2 Å².